The highest BCUT2D eigenvalue weighted by Gasteiger charge is 2.26. The van der Waals surface area contributed by atoms with Crippen molar-refractivity contribution in [2.75, 3.05) is 5.88 Å². The van der Waals surface area contributed by atoms with Gasteiger partial charge in [-0.2, -0.15) is 0 Å². The fourth-order valence-electron chi connectivity index (χ4n) is 1.94. The van der Waals surface area contributed by atoms with Crippen LogP contribution in [0, 0.1) is 12.3 Å². The summed E-state index contributed by atoms with van der Waals surface area (Å²) >= 11 is 9.24. The van der Waals surface area contributed by atoms with Gasteiger partial charge in [0.1, 0.15) is 0 Å². The smallest absolute Gasteiger partial charge is 0.251 e. The Kier molecular flexibility index (Phi) is 5.87. The second kappa shape index (κ2) is 6.76. The van der Waals surface area contributed by atoms with E-state index >= 15 is 0 Å². The number of alkyl halides is 1. The largest absolute Gasteiger partial charge is 0.349 e. The van der Waals surface area contributed by atoms with Gasteiger partial charge >= 0.3 is 0 Å². The first kappa shape index (κ1) is 16.5. The molecule has 0 aliphatic heterocycles. The monoisotopic (exact) mass is 345 g/mol. The topological polar surface area (TPSA) is 29.1 Å². The molecule has 0 fully saturated rings. The molecular formula is C15H21BrClNO. The predicted octanol–water partition coefficient (Wildman–Crippen LogP) is 4.53. The number of carbonyl (C=O) groups excluding carboxylic acids is 1. The molecule has 2 nitrogen and oxygen atoms in total. The van der Waals surface area contributed by atoms with Gasteiger partial charge in [-0.3, -0.25) is 4.79 Å². The normalized spacial score (nSPS) is 13.2. The maximum atomic E-state index is 12.3. The van der Waals surface area contributed by atoms with Crippen molar-refractivity contribution in [3.63, 3.8) is 0 Å². The average Bonchev–Trinajstić information content (AvgIpc) is 2.25. The van der Waals surface area contributed by atoms with Gasteiger partial charge in [0, 0.05) is 22.0 Å². The maximum absolute atomic E-state index is 12.3. The summed E-state index contributed by atoms with van der Waals surface area (Å²) in [6.07, 6.45) is 0.768. The number of hydrogen-bond acceptors (Lipinski definition) is 1. The van der Waals surface area contributed by atoms with Crippen LogP contribution in [-0.2, 0) is 0 Å². The second-order valence-electron chi connectivity index (χ2n) is 5.89. The lowest BCUT2D eigenvalue weighted by atomic mass is 9.85. The molecule has 0 heterocycles. The highest BCUT2D eigenvalue weighted by molar-refractivity contribution is 9.10. The van der Waals surface area contributed by atoms with Gasteiger partial charge in [-0.1, -0.05) is 36.7 Å². The minimum Gasteiger partial charge on any atom is -0.349 e. The number of aryl methyl sites for hydroxylation is 1. The molecule has 0 spiro atoms. The number of halogens is 2. The minimum absolute atomic E-state index is 0.00833. The molecule has 0 aromatic heterocycles. The third-order valence-electron chi connectivity index (χ3n) is 3.05. The van der Waals surface area contributed by atoms with Gasteiger partial charge in [-0.25, -0.2) is 0 Å². The minimum atomic E-state index is -0.0468. The van der Waals surface area contributed by atoms with E-state index in [0.717, 1.165) is 16.5 Å². The Labute approximate surface area is 129 Å². The van der Waals surface area contributed by atoms with Crippen molar-refractivity contribution in [1.82, 2.24) is 5.32 Å². The number of nitrogens with one attached hydrogen (secondary N) is 1. The van der Waals surface area contributed by atoms with Crippen LogP contribution >= 0.6 is 27.5 Å². The van der Waals surface area contributed by atoms with E-state index in [2.05, 4.69) is 42.0 Å². The van der Waals surface area contributed by atoms with E-state index in [1.165, 1.54) is 0 Å². The van der Waals surface area contributed by atoms with Gasteiger partial charge in [0.05, 0.1) is 0 Å². The summed E-state index contributed by atoms with van der Waals surface area (Å²) < 4.78 is 0.919. The van der Waals surface area contributed by atoms with Crippen molar-refractivity contribution < 1.29 is 4.79 Å². The van der Waals surface area contributed by atoms with Crippen LogP contribution in [0.15, 0.2) is 22.7 Å². The maximum Gasteiger partial charge on any atom is 0.251 e. The number of amides is 1. The highest BCUT2D eigenvalue weighted by atomic mass is 79.9. The molecule has 1 aromatic rings. The van der Waals surface area contributed by atoms with Crippen LogP contribution < -0.4 is 5.32 Å². The number of hydrogen-bond donors (Lipinski definition) is 1. The van der Waals surface area contributed by atoms with Crippen LogP contribution in [0.2, 0.25) is 0 Å². The Hall–Kier alpha value is -0.540. The molecule has 0 aliphatic carbocycles. The summed E-state index contributed by atoms with van der Waals surface area (Å²) in [5.41, 5.74) is 1.73. The van der Waals surface area contributed by atoms with E-state index in [4.69, 9.17) is 11.6 Å². The molecule has 0 saturated carbocycles. The first-order valence-corrected chi connectivity index (χ1v) is 7.71. The summed E-state index contributed by atoms with van der Waals surface area (Å²) in [6.45, 7) is 8.30. The molecule has 106 valence electrons. The lowest BCUT2D eigenvalue weighted by molar-refractivity contribution is 0.0900. The van der Waals surface area contributed by atoms with E-state index in [1.807, 2.05) is 25.1 Å². The van der Waals surface area contributed by atoms with Crippen LogP contribution in [0.3, 0.4) is 0 Å². The SMILES string of the molecule is Cc1cc(Br)cc(C(=O)NC(CCCl)C(C)(C)C)c1. The van der Waals surface area contributed by atoms with Gasteiger partial charge in [0.2, 0.25) is 0 Å². The van der Waals surface area contributed by atoms with Crippen LogP contribution in [0.5, 0.6) is 0 Å². The van der Waals surface area contributed by atoms with Gasteiger partial charge in [-0.05, 0) is 42.5 Å². The Morgan fingerprint density at radius 2 is 2.00 bits per heavy atom. The quantitative estimate of drug-likeness (QED) is 0.797. The van der Waals surface area contributed by atoms with Crippen molar-refractivity contribution in [2.24, 2.45) is 5.41 Å². The third kappa shape index (κ3) is 5.15. The molecule has 0 aliphatic rings. The summed E-state index contributed by atoms with van der Waals surface area (Å²) in [5.74, 6) is 0.495. The number of rotatable bonds is 4. The fourth-order valence-corrected chi connectivity index (χ4v) is 2.77. The molecule has 0 saturated heterocycles. The molecule has 1 atom stereocenters. The van der Waals surface area contributed by atoms with Crippen LogP contribution in [-0.4, -0.2) is 17.8 Å². The van der Waals surface area contributed by atoms with Gasteiger partial charge in [0.25, 0.3) is 5.91 Å². The van der Waals surface area contributed by atoms with Crippen molar-refractivity contribution in [3.05, 3.63) is 33.8 Å². The molecule has 0 bridgehead atoms. The first-order chi connectivity index (χ1) is 8.74. The first-order valence-electron chi connectivity index (χ1n) is 6.38. The van der Waals surface area contributed by atoms with Crippen molar-refractivity contribution in [2.45, 2.75) is 40.2 Å². The van der Waals surface area contributed by atoms with E-state index in [1.54, 1.807) is 0 Å². The molecule has 0 radical (unpaired) electrons. The Balaban J connectivity index is 2.87. The second-order valence-corrected chi connectivity index (χ2v) is 7.18. The van der Waals surface area contributed by atoms with Crippen molar-refractivity contribution in [3.8, 4) is 0 Å². The third-order valence-corrected chi connectivity index (χ3v) is 3.73. The average molecular weight is 347 g/mol. The van der Waals surface area contributed by atoms with E-state index in [0.29, 0.717) is 11.4 Å². The van der Waals surface area contributed by atoms with E-state index in [9.17, 15) is 4.79 Å². The zero-order valence-electron chi connectivity index (χ0n) is 11.9. The fraction of sp³-hybridized carbons (Fsp3) is 0.533. The number of carbonyl (C=O) groups is 1. The molecule has 1 unspecified atom stereocenters. The Bertz CT molecular complexity index is 434. The number of benzene rings is 1. The summed E-state index contributed by atoms with van der Waals surface area (Å²) in [5, 5.41) is 3.08. The molecule has 1 aromatic carbocycles. The van der Waals surface area contributed by atoms with Crippen LogP contribution in [0.1, 0.15) is 43.1 Å². The molecule has 19 heavy (non-hydrogen) atoms. The summed E-state index contributed by atoms with van der Waals surface area (Å²) in [7, 11) is 0. The Morgan fingerprint density at radius 3 is 2.47 bits per heavy atom. The lowest BCUT2D eigenvalue weighted by Crippen LogP contribution is -2.44. The van der Waals surface area contributed by atoms with Gasteiger partial charge in [-0.15, -0.1) is 11.6 Å². The van der Waals surface area contributed by atoms with E-state index in [-0.39, 0.29) is 17.4 Å². The summed E-state index contributed by atoms with van der Waals surface area (Å²) in [6, 6.07) is 5.77. The highest BCUT2D eigenvalue weighted by Crippen LogP contribution is 2.23. The zero-order valence-corrected chi connectivity index (χ0v) is 14.2. The molecule has 4 heteroatoms. The van der Waals surface area contributed by atoms with Gasteiger partial charge < -0.3 is 5.32 Å². The van der Waals surface area contributed by atoms with Crippen molar-refractivity contribution >= 4 is 33.4 Å². The zero-order chi connectivity index (χ0) is 14.6. The molecular weight excluding hydrogens is 326 g/mol. The van der Waals surface area contributed by atoms with Crippen LogP contribution in [0.4, 0.5) is 0 Å². The van der Waals surface area contributed by atoms with Crippen molar-refractivity contribution in [1.29, 1.82) is 0 Å². The molecule has 1 amide bonds. The lowest BCUT2D eigenvalue weighted by Gasteiger charge is -2.31. The van der Waals surface area contributed by atoms with Gasteiger partial charge in [0.15, 0.2) is 0 Å². The standard InChI is InChI=1S/C15H21BrClNO/c1-10-7-11(9-12(16)8-10)14(19)18-13(5-6-17)15(2,3)4/h7-9,13H,5-6H2,1-4H3,(H,18,19). The summed E-state index contributed by atoms with van der Waals surface area (Å²) in [4.78, 5) is 12.3. The predicted molar refractivity (Wildman–Crippen MR) is 84.9 cm³/mol. The molecule has 1 rings (SSSR count). The van der Waals surface area contributed by atoms with Crippen LogP contribution in [0.25, 0.3) is 0 Å². The molecule has 1 N–H and O–H groups in total. The Morgan fingerprint density at radius 1 is 1.37 bits per heavy atom. The van der Waals surface area contributed by atoms with E-state index < -0.39 is 0 Å².